The highest BCUT2D eigenvalue weighted by Gasteiger charge is 2.30. The van der Waals surface area contributed by atoms with Gasteiger partial charge in [0.05, 0.1) is 17.6 Å². The van der Waals surface area contributed by atoms with Crippen molar-refractivity contribution in [2.45, 2.75) is 25.3 Å². The van der Waals surface area contributed by atoms with Crippen LogP contribution in [0.2, 0.25) is 0 Å². The Morgan fingerprint density at radius 2 is 2.29 bits per heavy atom. The Hall–Kier alpha value is -1.86. The Balaban J connectivity index is 2.05. The van der Waals surface area contributed by atoms with Gasteiger partial charge in [0.1, 0.15) is 0 Å². The van der Waals surface area contributed by atoms with Gasteiger partial charge in [0.25, 0.3) is 0 Å². The second-order valence-electron chi connectivity index (χ2n) is 4.38. The second-order valence-corrected chi connectivity index (χ2v) is 4.38. The number of hydrogen-bond acceptors (Lipinski definition) is 3. The smallest absolute Gasteiger partial charge is 0.229 e. The molecular weight excluding hydrogens is 214 g/mol. The summed E-state index contributed by atoms with van der Waals surface area (Å²) in [6.07, 6.45) is 2.78. The molecule has 4 heteroatoms. The van der Waals surface area contributed by atoms with Crippen molar-refractivity contribution in [2.75, 3.05) is 5.32 Å². The summed E-state index contributed by atoms with van der Waals surface area (Å²) >= 11 is 0. The van der Waals surface area contributed by atoms with Gasteiger partial charge < -0.3 is 11.1 Å². The number of carbonyl (C=O) groups excluding carboxylic acids is 1. The Kier molecular flexibility index (Phi) is 3.40. The maximum Gasteiger partial charge on any atom is 0.229 e. The number of benzene rings is 1. The molecule has 0 radical (unpaired) electrons. The second kappa shape index (κ2) is 4.98. The third kappa shape index (κ3) is 2.63. The lowest BCUT2D eigenvalue weighted by Gasteiger charge is -2.15. The molecule has 1 aromatic rings. The summed E-state index contributed by atoms with van der Waals surface area (Å²) in [4.78, 5) is 12.0. The maximum absolute atomic E-state index is 12.0. The molecule has 2 rings (SSSR count). The first-order chi connectivity index (χ1) is 8.20. The van der Waals surface area contributed by atoms with Gasteiger partial charge in [-0.2, -0.15) is 5.26 Å². The Labute approximate surface area is 100 Å². The van der Waals surface area contributed by atoms with Gasteiger partial charge in [-0.15, -0.1) is 0 Å². The zero-order valence-electron chi connectivity index (χ0n) is 9.52. The number of nitrogens with two attached hydrogens (primary N) is 1. The standard InChI is InChI=1S/C13H15N3O/c14-8-9-3-1-4-10(7-9)16-13(17)11-5-2-6-12(11)15/h1,3-4,7,11-12H,2,5-6,15H2,(H,16,17). The number of nitrogens with zero attached hydrogens (tertiary/aromatic N) is 1. The topological polar surface area (TPSA) is 78.9 Å². The summed E-state index contributed by atoms with van der Waals surface area (Å²) in [7, 11) is 0. The van der Waals surface area contributed by atoms with Gasteiger partial charge >= 0.3 is 0 Å². The molecule has 1 saturated carbocycles. The van der Waals surface area contributed by atoms with Gasteiger partial charge in [0.15, 0.2) is 0 Å². The number of carbonyl (C=O) groups is 1. The van der Waals surface area contributed by atoms with Gasteiger partial charge in [-0.05, 0) is 31.0 Å². The molecule has 2 unspecified atom stereocenters. The molecule has 1 fully saturated rings. The zero-order valence-corrected chi connectivity index (χ0v) is 9.52. The van der Waals surface area contributed by atoms with Crippen LogP contribution in [-0.4, -0.2) is 11.9 Å². The van der Waals surface area contributed by atoms with E-state index in [-0.39, 0.29) is 17.9 Å². The molecular formula is C13H15N3O. The minimum Gasteiger partial charge on any atom is -0.327 e. The summed E-state index contributed by atoms with van der Waals surface area (Å²) in [6, 6.07) is 8.91. The van der Waals surface area contributed by atoms with E-state index in [9.17, 15) is 4.79 Å². The van der Waals surface area contributed by atoms with Crippen molar-refractivity contribution in [1.82, 2.24) is 0 Å². The third-order valence-corrected chi connectivity index (χ3v) is 3.17. The Morgan fingerprint density at radius 1 is 1.47 bits per heavy atom. The summed E-state index contributed by atoms with van der Waals surface area (Å²) in [5.74, 6) is -0.133. The van der Waals surface area contributed by atoms with Gasteiger partial charge in [-0.1, -0.05) is 12.5 Å². The van der Waals surface area contributed by atoms with Crippen LogP contribution in [0, 0.1) is 17.2 Å². The van der Waals surface area contributed by atoms with E-state index in [0.29, 0.717) is 11.3 Å². The van der Waals surface area contributed by atoms with Crippen molar-refractivity contribution in [3.05, 3.63) is 29.8 Å². The monoisotopic (exact) mass is 229 g/mol. The molecule has 0 bridgehead atoms. The lowest BCUT2D eigenvalue weighted by Crippen LogP contribution is -2.34. The number of hydrogen-bond donors (Lipinski definition) is 2. The fraction of sp³-hybridized carbons (Fsp3) is 0.385. The predicted molar refractivity (Wildman–Crippen MR) is 65.1 cm³/mol. The van der Waals surface area contributed by atoms with Crippen LogP contribution in [0.3, 0.4) is 0 Å². The number of amides is 1. The van der Waals surface area contributed by atoms with Crippen LogP contribution < -0.4 is 11.1 Å². The maximum atomic E-state index is 12.0. The highest BCUT2D eigenvalue weighted by molar-refractivity contribution is 5.93. The molecule has 0 saturated heterocycles. The summed E-state index contributed by atoms with van der Waals surface area (Å²) < 4.78 is 0. The summed E-state index contributed by atoms with van der Waals surface area (Å²) in [5, 5.41) is 11.6. The van der Waals surface area contributed by atoms with E-state index in [1.165, 1.54) is 0 Å². The number of nitrogens with one attached hydrogen (secondary N) is 1. The van der Waals surface area contributed by atoms with Gasteiger partial charge in [0.2, 0.25) is 5.91 Å². The van der Waals surface area contributed by atoms with Crippen LogP contribution in [0.25, 0.3) is 0 Å². The fourth-order valence-corrected chi connectivity index (χ4v) is 2.22. The molecule has 2 atom stereocenters. The highest BCUT2D eigenvalue weighted by Crippen LogP contribution is 2.25. The largest absolute Gasteiger partial charge is 0.327 e. The zero-order chi connectivity index (χ0) is 12.3. The first-order valence-electron chi connectivity index (χ1n) is 5.77. The van der Waals surface area contributed by atoms with Crippen LogP contribution >= 0.6 is 0 Å². The summed E-state index contributed by atoms with van der Waals surface area (Å²) in [6.45, 7) is 0. The van der Waals surface area contributed by atoms with E-state index in [2.05, 4.69) is 5.32 Å². The Bertz CT molecular complexity index is 464. The molecule has 4 nitrogen and oxygen atoms in total. The van der Waals surface area contributed by atoms with Crippen molar-refractivity contribution < 1.29 is 4.79 Å². The van der Waals surface area contributed by atoms with E-state index < -0.39 is 0 Å². The van der Waals surface area contributed by atoms with Crippen molar-refractivity contribution in [1.29, 1.82) is 5.26 Å². The molecule has 0 aliphatic heterocycles. The van der Waals surface area contributed by atoms with E-state index in [0.717, 1.165) is 19.3 Å². The van der Waals surface area contributed by atoms with Gasteiger partial charge in [-0.25, -0.2) is 0 Å². The number of rotatable bonds is 2. The minimum atomic E-state index is -0.0965. The molecule has 17 heavy (non-hydrogen) atoms. The minimum absolute atomic E-state index is 0.0332. The average Bonchev–Trinajstić information content (AvgIpc) is 2.76. The van der Waals surface area contributed by atoms with E-state index in [4.69, 9.17) is 11.0 Å². The number of nitriles is 1. The van der Waals surface area contributed by atoms with E-state index >= 15 is 0 Å². The molecule has 1 aliphatic carbocycles. The molecule has 3 N–H and O–H groups in total. The van der Waals surface area contributed by atoms with Gasteiger partial charge in [0, 0.05) is 11.7 Å². The molecule has 1 aliphatic rings. The molecule has 1 amide bonds. The van der Waals surface area contributed by atoms with Gasteiger partial charge in [-0.3, -0.25) is 4.79 Å². The predicted octanol–water partition coefficient (Wildman–Crippen LogP) is 1.62. The Morgan fingerprint density at radius 3 is 2.94 bits per heavy atom. The first-order valence-corrected chi connectivity index (χ1v) is 5.77. The van der Waals surface area contributed by atoms with Crippen molar-refractivity contribution in [2.24, 2.45) is 11.7 Å². The SMILES string of the molecule is N#Cc1cccc(NC(=O)C2CCCC2N)c1. The van der Waals surface area contributed by atoms with Crippen LogP contribution in [0.4, 0.5) is 5.69 Å². The van der Waals surface area contributed by atoms with Crippen LogP contribution in [-0.2, 0) is 4.79 Å². The third-order valence-electron chi connectivity index (χ3n) is 3.17. The normalized spacial score (nSPS) is 23.1. The molecule has 0 aromatic heterocycles. The lowest BCUT2D eigenvalue weighted by atomic mass is 10.0. The van der Waals surface area contributed by atoms with Crippen LogP contribution in [0.1, 0.15) is 24.8 Å². The van der Waals surface area contributed by atoms with E-state index in [1.807, 2.05) is 6.07 Å². The molecule has 0 spiro atoms. The average molecular weight is 229 g/mol. The number of anilines is 1. The van der Waals surface area contributed by atoms with Crippen LogP contribution in [0.15, 0.2) is 24.3 Å². The van der Waals surface area contributed by atoms with Crippen molar-refractivity contribution in [3.8, 4) is 6.07 Å². The fourth-order valence-electron chi connectivity index (χ4n) is 2.22. The van der Waals surface area contributed by atoms with Crippen molar-refractivity contribution in [3.63, 3.8) is 0 Å². The van der Waals surface area contributed by atoms with Crippen molar-refractivity contribution >= 4 is 11.6 Å². The molecule has 88 valence electrons. The highest BCUT2D eigenvalue weighted by atomic mass is 16.1. The molecule has 1 aromatic carbocycles. The van der Waals surface area contributed by atoms with Crippen LogP contribution in [0.5, 0.6) is 0 Å². The van der Waals surface area contributed by atoms with E-state index in [1.54, 1.807) is 24.3 Å². The summed E-state index contributed by atoms with van der Waals surface area (Å²) in [5.41, 5.74) is 7.08. The lowest BCUT2D eigenvalue weighted by molar-refractivity contribution is -0.120. The quantitative estimate of drug-likeness (QED) is 0.808. The first kappa shape index (κ1) is 11.6. The molecule has 0 heterocycles.